The van der Waals surface area contributed by atoms with Crippen molar-refractivity contribution in [1.82, 2.24) is 0 Å². The van der Waals surface area contributed by atoms with E-state index in [1.165, 1.54) is 30.8 Å². The molecule has 9 heavy (non-hydrogen) atoms. The zero-order valence-electron chi connectivity index (χ0n) is 7.11. The Labute approximate surface area is 77.6 Å². The summed E-state index contributed by atoms with van der Waals surface area (Å²) in [4.78, 5) is 0. The predicted octanol–water partition coefficient (Wildman–Crippen LogP) is 2.11. The van der Waals surface area contributed by atoms with Crippen molar-refractivity contribution < 1.29 is 0 Å². The maximum absolute atomic E-state index is 2.34. The predicted molar refractivity (Wildman–Crippen MR) is 44.2 cm³/mol. The molecule has 0 bridgehead atoms. The Hall–Kier alpha value is 1.19. The van der Waals surface area contributed by atoms with E-state index >= 15 is 0 Å². The summed E-state index contributed by atoms with van der Waals surface area (Å²) < 4.78 is 0.955. The van der Waals surface area contributed by atoms with Gasteiger partial charge in [0.25, 0.3) is 0 Å². The van der Waals surface area contributed by atoms with Crippen LogP contribution in [0.1, 0.15) is 32.6 Å². The van der Waals surface area contributed by atoms with Crippen LogP contribution >= 0.6 is 0 Å². The molecule has 1 unspecified atom stereocenters. The molecule has 0 aliphatic heterocycles. The van der Waals surface area contributed by atoms with Gasteiger partial charge in [0.15, 0.2) is 0 Å². The minimum absolute atomic E-state index is 0.955. The second-order valence-electron chi connectivity index (χ2n) is 3.01. The van der Waals surface area contributed by atoms with Crippen LogP contribution in [0.2, 0.25) is 9.68 Å². The van der Waals surface area contributed by atoms with E-state index in [4.69, 9.17) is 0 Å². The first-order chi connectivity index (χ1) is 4.31. The summed E-state index contributed by atoms with van der Waals surface area (Å²) in [5.41, 5.74) is 0. The van der Waals surface area contributed by atoms with E-state index in [1.807, 2.05) is 0 Å². The number of hydrogen-bond donors (Lipinski definition) is 0. The topological polar surface area (TPSA) is 0 Å². The van der Waals surface area contributed by atoms with Gasteiger partial charge in [0.05, 0.1) is 0 Å². The minimum atomic E-state index is 0.955. The molecule has 0 aromatic rings. The van der Waals surface area contributed by atoms with Crippen molar-refractivity contribution in [2.75, 3.05) is 0 Å². The van der Waals surface area contributed by atoms with E-state index < -0.39 is 0 Å². The van der Waals surface area contributed by atoms with Gasteiger partial charge in [0, 0.05) is 0 Å². The summed E-state index contributed by atoms with van der Waals surface area (Å²) in [6, 6.07) is 0. The van der Waals surface area contributed by atoms with Gasteiger partial charge in [-0.2, -0.15) is 0 Å². The quantitative estimate of drug-likeness (QED) is 0.377. The molecule has 44 valence electrons. The molecule has 1 atom stereocenters. The second kappa shape index (κ2) is 7.30. The molecule has 0 saturated heterocycles. The third-order valence-corrected chi connectivity index (χ3v) is 2.00. The second-order valence-corrected chi connectivity index (χ2v) is 3.01. The van der Waals surface area contributed by atoms with Gasteiger partial charge < -0.3 is 0 Å². The van der Waals surface area contributed by atoms with E-state index in [-0.39, 0.29) is 0 Å². The van der Waals surface area contributed by atoms with Crippen molar-refractivity contribution in [1.29, 1.82) is 0 Å². The summed E-state index contributed by atoms with van der Waals surface area (Å²) in [7, 11) is 0. The van der Waals surface area contributed by atoms with Crippen LogP contribution in [0.15, 0.2) is 0 Å². The Kier molecular flexibility index (Phi) is 8.27. The Morgan fingerprint density at radius 1 is 1.33 bits per heavy atom. The van der Waals surface area contributed by atoms with Gasteiger partial charge in [-0.15, -0.1) is 0 Å². The van der Waals surface area contributed by atoms with Crippen LogP contribution in [-0.2, 0) is 0 Å². The van der Waals surface area contributed by atoms with Crippen LogP contribution in [0.4, 0.5) is 0 Å². The fraction of sp³-hybridized carbons (Fsp3) is 1.00. The molecule has 0 fully saturated rings. The number of rotatable bonds is 5. The van der Waals surface area contributed by atoms with Crippen molar-refractivity contribution in [3.63, 3.8) is 0 Å². The monoisotopic (exact) mass is 112 g/mol. The van der Waals surface area contributed by atoms with Gasteiger partial charge >= 0.3 is 77.7 Å². The van der Waals surface area contributed by atoms with E-state index in [9.17, 15) is 0 Å². The molecule has 0 nitrogen and oxygen atoms in total. The molecule has 0 aromatic heterocycles. The fourth-order valence-corrected chi connectivity index (χ4v) is 0.947. The summed E-state index contributed by atoms with van der Waals surface area (Å²) in [5.74, 6) is 0. The molecule has 0 heterocycles. The van der Waals surface area contributed by atoms with E-state index in [1.54, 1.807) is 0 Å². The molecule has 0 radical (unpaired) electrons. The molecule has 0 aliphatic carbocycles. The zero-order valence-corrected chi connectivity index (χ0v) is 7.11. The Morgan fingerprint density at radius 3 is 2.44 bits per heavy atom. The van der Waals surface area contributed by atoms with Crippen LogP contribution in [0.5, 0.6) is 0 Å². The fourth-order valence-electron chi connectivity index (χ4n) is 0.947. The van der Waals surface area contributed by atoms with Crippen molar-refractivity contribution in [2.24, 2.45) is 0 Å². The van der Waals surface area contributed by atoms with E-state index in [0.717, 1.165) is 4.59 Å². The van der Waals surface area contributed by atoms with Gasteiger partial charge in [-0.05, 0) is 0 Å². The third-order valence-electron chi connectivity index (χ3n) is 2.00. The molecule has 0 amide bonds. The summed E-state index contributed by atoms with van der Waals surface area (Å²) >= 11 is 4.62. The Morgan fingerprint density at radius 2 is 2.00 bits per heavy atom. The molecule has 0 rings (SSSR count). The maximum atomic E-state index is 2.34. The first kappa shape index (κ1) is 10.2. The van der Waals surface area contributed by atoms with Crippen LogP contribution in [0.25, 0.3) is 0 Å². The number of hydrogen-bond acceptors (Lipinski definition) is 0. The molecular formula is C7H14Li2. The third kappa shape index (κ3) is 7.09. The Bertz CT molecular complexity index is 54.9. The van der Waals surface area contributed by atoms with Crippen LogP contribution in [0, 0.1) is 0 Å². The average molecular weight is 112 g/mol. The van der Waals surface area contributed by atoms with Crippen molar-refractivity contribution in [3.05, 3.63) is 0 Å². The summed E-state index contributed by atoms with van der Waals surface area (Å²) in [5, 5.41) is 1.35. The van der Waals surface area contributed by atoms with Crippen LogP contribution < -0.4 is 0 Å². The molecule has 0 N–H and O–H groups in total. The SMILES string of the molecule is [Li][CH2][CH]([Li])CCCCC. The standard InChI is InChI=1S/C7H14.2Li/c1-3-5-7-6-4-2;;/h3H,1,4-7H2,2H3;;. The molecule has 2 heteroatoms. The van der Waals surface area contributed by atoms with Crippen molar-refractivity contribution in [3.8, 4) is 0 Å². The molecule has 0 aromatic carbocycles. The Balaban J connectivity index is 2.88. The van der Waals surface area contributed by atoms with Crippen LogP contribution in [-0.4, -0.2) is 35.4 Å². The summed E-state index contributed by atoms with van der Waals surface area (Å²) in [6.45, 7) is 2.26. The van der Waals surface area contributed by atoms with Gasteiger partial charge in [0.1, 0.15) is 0 Å². The van der Waals surface area contributed by atoms with Crippen molar-refractivity contribution >= 4 is 35.4 Å². The van der Waals surface area contributed by atoms with E-state index in [0.29, 0.717) is 0 Å². The normalized spacial score (nSPS) is 13.9. The van der Waals surface area contributed by atoms with Gasteiger partial charge in [-0.3, -0.25) is 0 Å². The van der Waals surface area contributed by atoms with Gasteiger partial charge in [-0.1, -0.05) is 0 Å². The van der Waals surface area contributed by atoms with E-state index in [2.05, 4.69) is 42.4 Å². The van der Waals surface area contributed by atoms with Gasteiger partial charge in [0.2, 0.25) is 0 Å². The molecule has 0 saturated carbocycles. The summed E-state index contributed by atoms with van der Waals surface area (Å²) in [6.07, 6.45) is 5.65. The first-order valence-corrected chi connectivity index (χ1v) is 4.31. The molecular weight excluding hydrogens is 98.0 g/mol. The molecule has 0 spiro atoms. The van der Waals surface area contributed by atoms with Gasteiger partial charge in [-0.25, -0.2) is 0 Å². The first-order valence-electron chi connectivity index (χ1n) is 4.31. The molecule has 0 aliphatic rings. The number of unbranched alkanes of at least 4 members (excludes halogenated alkanes) is 2. The van der Waals surface area contributed by atoms with Crippen LogP contribution in [0.3, 0.4) is 0 Å². The average Bonchev–Trinajstić information content (AvgIpc) is 1.89. The van der Waals surface area contributed by atoms with Crippen molar-refractivity contribution in [2.45, 2.75) is 42.3 Å². The zero-order chi connectivity index (χ0) is 7.11.